The Morgan fingerprint density at radius 3 is 2.54 bits per heavy atom. The number of benzene rings is 1. The predicted molar refractivity (Wildman–Crippen MR) is 96.1 cm³/mol. The van der Waals surface area contributed by atoms with E-state index in [9.17, 15) is 10.2 Å². The van der Waals surface area contributed by atoms with Gasteiger partial charge in [0.2, 0.25) is 0 Å². The highest BCUT2D eigenvalue weighted by atomic mass is 16.3. The van der Waals surface area contributed by atoms with Gasteiger partial charge in [-0.15, -0.1) is 0 Å². The van der Waals surface area contributed by atoms with Crippen LogP contribution in [0.2, 0.25) is 0 Å². The van der Waals surface area contributed by atoms with Gasteiger partial charge in [-0.3, -0.25) is 9.80 Å². The van der Waals surface area contributed by atoms with E-state index in [1.54, 1.807) is 6.07 Å². The van der Waals surface area contributed by atoms with Crippen LogP contribution in [0, 0.1) is 0 Å². The molecule has 2 aliphatic rings. The lowest BCUT2D eigenvalue weighted by molar-refractivity contribution is 0.00581. The van der Waals surface area contributed by atoms with Crippen LogP contribution in [0.4, 0.5) is 0 Å². The minimum absolute atomic E-state index is 0.248. The second kappa shape index (κ2) is 8.30. The Labute approximate surface area is 145 Å². The van der Waals surface area contributed by atoms with E-state index in [1.807, 2.05) is 18.2 Å². The second-order valence-corrected chi connectivity index (χ2v) is 7.30. The molecule has 1 aromatic carbocycles. The number of likely N-dealkylation sites (tertiary alicyclic amines) is 1. The first-order valence-electron chi connectivity index (χ1n) is 9.21. The number of piperazine rings is 1. The molecule has 0 unspecified atom stereocenters. The maximum atomic E-state index is 10.0. The molecule has 5 nitrogen and oxygen atoms in total. The van der Waals surface area contributed by atoms with Crippen molar-refractivity contribution in [3.05, 3.63) is 29.8 Å². The summed E-state index contributed by atoms with van der Waals surface area (Å²) >= 11 is 0. The summed E-state index contributed by atoms with van der Waals surface area (Å²) in [6.07, 6.45) is 3.30. The average Bonchev–Trinajstić information content (AvgIpc) is 2.59. The summed E-state index contributed by atoms with van der Waals surface area (Å²) in [5.41, 5.74) is 0.994. The van der Waals surface area contributed by atoms with Crippen LogP contribution >= 0.6 is 0 Å². The van der Waals surface area contributed by atoms with E-state index in [0.29, 0.717) is 17.8 Å². The Hall–Kier alpha value is -1.14. The fourth-order valence-corrected chi connectivity index (χ4v) is 4.18. The van der Waals surface area contributed by atoms with Crippen LogP contribution in [0.1, 0.15) is 24.8 Å². The van der Waals surface area contributed by atoms with Crippen LogP contribution in [0.5, 0.6) is 5.75 Å². The number of nitrogens with zero attached hydrogens (tertiary/aromatic N) is 3. The summed E-state index contributed by atoms with van der Waals surface area (Å²) in [4.78, 5) is 7.47. The fourth-order valence-electron chi connectivity index (χ4n) is 4.18. The van der Waals surface area contributed by atoms with Crippen molar-refractivity contribution >= 4 is 0 Å². The van der Waals surface area contributed by atoms with Gasteiger partial charge < -0.3 is 15.1 Å². The van der Waals surface area contributed by atoms with Crippen molar-refractivity contribution in [2.75, 3.05) is 46.4 Å². The highest BCUT2D eigenvalue weighted by Crippen LogP contribution is 2.25. The molecule has 134 valence electrons. The molecule has 2 fully saturated rings. The summed E-state index contributed by atoms with van der Waals surface area (Å²) < 4.78 is 0. The number of aromatic hydroxyl groups is 1. The Morgan fingerprint density at radius 1 is 1.08 bits per heavy atom. The molecule has 0 saturated carbocycles. The van der Waals surface area contributed by atoms with Crippen molar-refractivity contribution in [1.29, 1.82) is 0 Å². The Bertz CT molecular complexity index is 517. The molecule has 0 amide bonds. The van der Waals surface area contributed by atoms with E-state index in [4.69, 9.17) is 0 Å². The molecule has 0 spiro atoms. The molecule has 0 aliphatic carbocycles. The first-order chi connectivity index (χ1) is 11.7. The van der Waals surface area contributed by atoms with Crippen LogP contribution < -0.4 is 0 Å². The lowest BCUT2D eigenvalue weighted by Crippen LogP contribution is -2.58. The highest BCUT2D eigenvalue weighted by Gasteiger charge is 2.33. The van der Waals surface area contributed by atoms with Crippen LogP contribution in [0.3, 0.4) is 0 Å². The molecule has 0 radical (unpaired) electrons. The van der Waals surface area contributed by atoms with Crippen LogP contribution in [0.25, 0.3) is 0 Å². The van der Waals surface area contributed by atoms with Crippen LogP contribution in [0.15, 0.2) is 24.3 Å². The van der Waals surface area contributed by atoms with Gasteiger partial charge in [0, 0.05) is 50.4 Å². The van der Waals surface area contributed by atoms with Gasteiger partial charge in [-0.25, -0.2) is 0 Å². The first-order valence-corrected chi connectivity index (χ1v) is 9.21. The van der Waals surface area contributed by atoms with Crippen molar-refractivity contribution in [3.8, 4) is 5.75 Å². The largest absolute Gasteiger partial charge is 0.508 e. The van der Waals surface area contributed by atoms with E-state index < -0.39 is 0 Å². The average molecular weight is 333 g/mol. The Balaban J connectivity index is 1.61. The standard InChI is InChI=1S/C19H31N3O2/c1-20-9-6-17(7-10-20)22-12-11-21(15-18(22)8-13-23)14-16-4-2-3-5-19(16)24/h2-5,17-18,23-24H,6-15H2,1H3/t18-/m1/s1. The quantitative estimate of drug-likeness (QED) is 0.852. The van der Waals surface area contributed by atoms with Crippen molar-refractivity contribution in [1.82, 2.24) is 14.7 Å². The molecule has 2 N–H and O–H groups in total. The molecule has 3 rings (SSSR count). The third-order valence-electron chi connectivity index (χ3n) is 5.62. The van der Waals surface area contributed by atoms with Gasteiger partial charge >= 0.3 is 0 Å². The molecule has 1 atom stereocenters. The molecular formula is C19H31N3O2. The number of aliphatic hydroxyl groups is 1. The van der Waals surface area contributed by atoms with Crippen molar-refractivity contribution < 1.29 is 10.2 Å². The van der Waals surface area contributed by atoms with Crippen molar-refractivity contribution in [2.24, 2.45) is 0 Å². The van der Waals surface area contributed by atoms with E-state index in [1.165, 1.54) is 25.9 Å². The van der Waals surface area contributed by atoms with Crippen molar-refractivity contribution in [3.63, 3.8) is 0 Å². The van der Waals surface area contributed by atoms with E-state index in [0.717, 1.165) is 38.2 Å². The number of aliphatic hydroxyl groups excluding tert-OH is 1. The maximum absolute atomic E-state index is 10.0. The molecule has 2 aliphatic heterocycles. The number of rotatable bonds is 5. The van der Waals surface area contributed by atoms with Gasteiger partial charge in [0.1, 0.15) is 5.75 Å². The van der Waals surface area contributed by atoms with Crippen LogP contribution in [-0.2, 0) is 6.54 Å². The van der Waals surface area contributed by atoms with E-state index in [-0.39, 0.29) is 6.61 Å². The third kappa shape index (κ3) is 4.28. The number of phenolic OH excluding ortho intramolecular Hbond substituents is 1. The number of hydrogen-bond acceptors (Lipinski definition) is 5. The molecule has 24 heavy (non-hydrogen) atoms. The van der Waals surface area contributed by atoms with Gasteiger partial charge in [-0.2, -0.15) is 0 Å². The summed E-state index contributed by atoms with van der Waals surface area (Å²) in [6.45, 7) is 6.45. The van der Waals surface area contributed by atoms with Crippen molar-refractivity contribution in [2.45, 2.75) is 37.9 Å². The fraction of sp³-hybridized carbons (Fsp3) is 0.684. The minimum atomic E-state index is 0.248. The molecule has 5 heteroatoms. The zero-order valence-corrected chi connectivity index (χ0v) is 14.8. The number of hydrogen-bond donors (Lipinski definition) is 2. The SMILES string of the molecule is CN1CCC(N2CCN(Cc3ccccc3O)C[C@H]2CCO)CC1. The predicted octanol–water partition coefficient (Wildman–Crippen LogP) is 1.35. The minimum Gasteiger partial charge on any atom is -0.508 e. The Morgan fingerprint density at radius 2 is 1.83 bits per heavy atom. The van der Waals surface area contributed by atoms with Gasteiger partial charge in [-0.05, 0) is 45.5 Å². The third-order valence-corrected chi connectivity index (χ3v) is 5.62. The zero-order valence-electron chi connectivity index (χ0n) is 14.8. The normalized spacial score (nSPS) is 25.2. The number of para-hydroxylation sites is 1. The van der Waals surface area contributed by atoms with E-state index in [2.05, 4.69) is 21.7 Å². The van der Waals surface area contributed by atoms with Gasteiger partial charge in [0.15, 0.2) is 0 Å². The maximum Gasteiger partial charge on any atom is 0.120 e. The lowest BCUT2D eigenvalue weighted by atomic mass is 9.98. The molecule has 0 bridgehead atoms. The zero-order chi connectivity index (χ0) is 16.9. The summed E-state index contributed by atoms with van der Waals surface area (Å²) in [6, 6.07) is 8.68. The number of piperidine rings is 1. The summed E-state index contributed by atoms with van der Waals surface area (Å²) in [5.74, 6) is 0.383. The summed E-state index contributed by atoms with van der Waals surface area (Å²) in [5, 5.41) is 19.5. The topological polar surface area (TPSA) is 50.2 Å². The molecule has 1 aromatic rings. The first kappa shape index (κ1) is 17.7. The number of phenols is 1. The Kier molecular flexibility index (Phi) is 6.11. The van der Waals surface area contributed by atoms with Gasteiger partial charge in [-0.1, -0.05) is 18.2 Å². The smallest absolute Gasteiger partial charge is 0.120 e. The van der Waals surface area contributed by atoms with Gasteiger partial charge in [0.05, 0.1) is 0 Å². The lowest BCUT2D eigenvalue weighted by Gasteiger charge is -2.47. The highest BCUT2D eigenvalue weighted by molar-refractivity contribution is 5.31. The molecule has 2 heterocycles. The molecule has 0 aromatic heterocycles. The second-order valence-electron chi connectivity index (χ2n) is 7.30. The van der Waals surface area contributed by atoms with E-state index >= 15 is 0 Å². The molecular weight excluding hydrogens is 302 g/mol. The molecule has 2 saturated heterocycles. The van der Waals surface area contributed by atoms with Gasteiger partial charge in [0.25, 0.3) is 0 Å². The van der Waals surface area contributed by atoms with Crippen LogP contribution in [-0.4, -0.2) is 83.4 Å². The summed E-state index contributed by atoms with van der Waals surface area (Å²) in [7, 11) is 2.20. The monoisotopic (exact) mass is 333 g/mol.